The van der Waals surface area contributed by atoms with Crippen molar-refractivity contribution in [3.8, 4) is 0 Å². The summed E-state index contributed by atoms with van der Waals surface area (Å²) in [6, 6.07) is 0.445. The molecule has 2 saturated heterocycles. The highest BCUT2D eigenvalue weighted by molar-refractivity contribution is 7.89. The van der Waals surface area contributed by atoms with Crippen LogP contribution >= 0.6 is 0 Å². The lowest BCUT2D eigenvalue weighted by molar-refractivity contribution is 0.179. The van der Waals surface area contributed by atoms with E-state index in [2.05, 4.69) is 10.2 Å². The third-order valence-corrected chi connectivity index (χ3v) is 6.34. The van der Waals surface area contributed by atoms with Gasteiger partial charge in [-0.15, -0.1) is 0 Å². The van der Waals surface area contributed by atoms with Crippen molar-refractivity contribution in [1.82, 2.24) is 14.5 Å². The zero-order valence-electron chi connectivity index (χ0n) is 10.8. The molecule has 0 bridgehead atoms. The fourth-order valence-electron chi connectivity index (χ4n) is 3.00. The van der Waals surface area contributed by atoms with Crippen LogP contribution in [0.5, 0.6) is 0 Å². The first kappa shape index (κ1) is 12.8. The highest BCUT2D eigenvalue weighted by atomic mass is 32.2. The molecule has 2 aliphatic heterocycles. The molecule has 1 unspecified atom stereocenters. The highest BCUT2D eigenvalue weighted by Gasteiger charge is 2.37. The van der Waals surface area contributed by atoms with Gasteiger partial charge in [0.25, 0.3) is 0 Å². The summed E-state index contributed by atoms with van der Waals surface area (Å²) in [4.78, 5) is 2.45. The van der Waals surface area contributed by atoms with Gasteiger partial charge < -0.3 is 5.32 Å². The molecule has 0 spiro atoms. The van der Waals surface area contributed by atoms with Crippen molar-refractivity contribution in [1.29, 1.82) is 0 Å². The summed E-state index contributed by atoms with van der Waals surface area (Å²) in [6.07, 6.45) is 3.21. The molecule has 2 heterocycles. The molecule has 1 atom stereocenters. The van der Waals surface area contributed by atoms with Gasteiger partial charge in [-0.25, -0.2) is 12.7 Å². The van der Waals surface area contributed by atoms with E-state index in [9.17, 15) is 8.42 Å². The molecule has 1 aliphatic carbocycles. The molecule has 3 aliphatic rings. The lowest BCUT2D eigenvalue weighted by Crippen LogP contribution is -2.49. The lowest BCUT2D eigenvalue weighted by atomic mass is 10.2. The van der Waals surface area contributed by atoms with Crippen molar-refractivity contribution < 1.29 is 8.42 Å². The summed E-state index contributed by atoms with van der Waals surface area (Å²) in [6.45, 7) is 5.62. The zero-order valence-corrected chi connectivity index (χ0v) is 11.7. The minimum absolute atomic E-state index is 0.390. The van der Waals surface area contributed by atoms with Gasteiger partial charge in [0.15, 0.2) is 0 Å². The van der Waals surface area contributed by atoms with Crippen LogP contribution < -0.4 is 5.32 Å². The largest absolute Gasteiger partial charge is 0.314 e. The van der Waals surface area contributed by atoms with Crippen molar-refractivity contribution >= 4 is 10.0 Å². The van der Waals surface area contributed by atoms with E-state index < -0.39 is 10.0 Å². The van der Waals surface area contributed by atoms with Crippen LogP contribution in [0, 0.1) is 5.92 Å². The molecule has 3 fully saturated rings. The minimum atomic E-state index is -2.98. The standard InChI is InChI=1S/C12H23N3O2S/c16-18(17,10-11-1-2-11)15-6-3-12(9-15)14-7-4-13-5-8-14/h11-13H,1-10H2. The maximum Gasteiger partial charge on any atom is 0.214 e. The van der Waals surface area contributed by atoms with Gasteiger partial charge in [-0.3, -0.25) is 4.90 Å². The molecule has 6 heteroatoms. The van der Waals surface area contributed by atoms with Crippen molar-refractivity contribution in [3.63, 3.8) is 0 Å². The van der Waals surface area contributed by atoms with E-state index in [1.54, 1.807) is 4.31 Å². The number of piperazine rings is 1. The van der Waals surface area contributed by atoms with Gasteiger partial charge in [0, 0.05) is 45.3 Å². The number of hydrogen-bond donors (Lipinski definition) is 1. The first-order chi connectivity index (χ1) is 8.65. The normalized spacial score (nSPS) is 31.9. The summed E-state index contributed by atoms with van der Waals surface area (Å²) in [5.74, 6) is 0.842. The summed E-state index contributed by atoms with van der Waals surface area (Å²) in [7, 11) is -2.98. The fourth-order valence-corrected chi connectivity index (χ4v) is 4.92. The molecule has 5 nitrogen and oxygen atoms in total. The van der Waals surface area contributed by atoms with E-state index in [4.69, 9.17) is 0 Å². The Morgan fingerprint density at radius 1 is 1.06 bits per heavy atom. The summed E-state index contributed by atoms with van der Waals surface area (Å²) in [5, 5.41) is 3.34. The number of nitrogens with zero attached hydrogens (tertiary/aromatic N) is 2. The van der Waals surface area contributed by atoms with E-state index in [0.717, 1.165) is 58.5 Å². The topological polar surface area (TPSA) is 52.7 Å². The predicted octanol–water partition coefficient (Wildman–Crippen LogP) is -0.294. The molecular weight excluding hydrogens is 250 g/mol. The Morgan fingerprint density at radius 2 is 1.78 bits per heavy atom. The van der Waals surface area contributed by atoms with Crippen molar-refractivity contribution in [2.75, 3.05) is 45.0 Å². The van der Waals surface area contributed by atoms with Crippen LogP contribution in [0.1, 0.15) is 19.3 Å². The molecule has 1 N–H and O–H groups in total. The average Bonchev–Trinajstić information content (AvgIpc) is 3.01. The van der Waals surface area contributed by atoms with Crippen LogP contribution in [0.2, 0.25) is 0 Å². The van der Waals surface area contributed by atoms with Gasteiger partial charge in [-0.1, -0.05) is 0 Å². The molecule has 18 heavy (non-hydrogen) atoms. The lowest BCUT2D eigenvalue weighted by Gasteiger charge is -2.32. The number of hydrogen-bond acceptors (Lipinski definition) is 4. The number of rotatable bonds is 4. The van der Waals surface area contributed by atoms with E-state index in [1.165, 1.54) is 0 Å². The SMILES string of the molecule is O=S(=O)(CC1CC1)N1CCC(N2CCNCC2)C1. The van der Waals surface area contributed by atoms with Gasteiger partial charge in [0.1, 0.15) is 0 Å². The van der Waals surface area contributed by atoms with Crippen LogP contribution in [0.25, 0.3) is 0 Å². The summed E-state index contributed by atoms with van der Waals surface area (Å²) < 4.78 is 26.1. The van der Waals surface area contributed by atoms with E-state index in [0.29, 0.717) is 17.7 Å². The molecule has 0 aromatic carbocycles. The molecule has 0 aromatic heterocycles. The average molecular weight is 273 g/mol. The van der Waals surface area contributed by atoms with Crippen LogP contribution in [-0.2, 0) is 10.0 Å². The quantitative estimate of drug-likeness (QED) is 0.764. The molecular formula is C12H23N3O2S. The number of sulfonamides is 1. The van der Waals surface area contributed by atoms with E-state index >= 15 is 0 Å². The van der Waals surface area contributed by atoms with Crippen molar-refractivity contribution in [2.45, 2.75) is 25.3 Å². The summed E-state index contributed by atoms with van der Waals surface area (Å²) in [5.41, 5.74) is 0. The van der Waals surface area contributed by atoms with Gasteiger partial charge in [0.2, 0.25) is 10.0 Å². The molecule has 3 rings (SSSR count). The molecule has 1 saturated carbocycles. The second-order valence-electron chi connectivity index (χ2n) is 5.81. The molecule has 104 valence electrons. The summed E-state index contributed by atoms with van der Waals surface area (Å²) >= 11 is 0. The smallest absolute Gasteiger partial charge is 0.214 e. The Hall–Kier alpha value is -0.170. The van der Waals surface area contributed by atoms with E-state index in [-0.39, 0.29) is 0 Å². The van der Waals surface area contributed by atoms with Gasteiger partial charge in [0.05, 0.1) is 5.75 Å². The van der Waals surface area contributed by atoms with Gasteiger partial charge in [-0.2, -0.15) is 0 Å². The number of nitrogens with one attached hydrogen (secondary N) is 1. The van der Waals surface area contributed by atoms with Gasteiger partial charge in [-0.05, 0) is 25.2 Å². The molecule has 0 aromatic rings. The van der Waals surface area contributed by atoms with Crippen LogP contribution in [0.4, 0.5) is 0 Å². The predicted molar refractivity (Wildman–Crippen MR) is 70.9 cm³/mol. The molecule has 0 amide bonds. The maximum absolute atomic E-state index is 12.2. The third-order valence-electron chi connectivity index (χ3n) is 4.33. The Morgan fingerprint density at radius 3 is 2.44 bits per heavy atom. The third kappa shape index (κ3) is 2.87. The minimum Gasteiger partial charge on any atom is -0.314 e. The maximum atomic E-state index is 12.2. The second kappa shape index (κ2) is 5.07. The molecule has 0 radical (unpaired) electrons. The Balaban J connectivity index is 1.56. The van der Waals surface area contributed by atoms with Crippen molar-refractivity contribution in [2.24, 2.45) is 5.92 Å². The van der Waals surface area contributed by atoms with Crippen LogP contribution in [0.15, 0.2) is 0 Å². The Kier molecular flexibility index (Phi) is 3.62. The fraction of sp³-hybridized carbons (Fsp3) is 1.00. The van der Waals surface area contributed by atoms with Crippen LogP contribution in [-0.4, -0.2) is 68.7 Å². The highest BCUT2D eigenvalue weighted by Crippen LogP contribution is 2.32. The zero-order chi connectivity index (χ0) is 12.6. The Labute approximate surface area is 110 Å². The Bertz CT molecular complexity index is 388. The van der Waals surface area contributed by atoms with Gasteiger partial charge >= 0.3 is 0 Å². The second-order valence-corrected chi connectivity index (χ2v) is 7.82. The van der Waals surface area contributed by atoms with Crippen molar-refractivity contribution in [3.05, 3.63) is 0 Å². The monoisotopic (exact) mass is 273 g/mol. The first-order valence-corrected chi connectivity index (χ1v) is 8.69. The van der Waals surface area contributed by atoms with E-state index in [1.807, 2.05) is 0 Å². The first-order valence-electron chi connectivity index (χ1n) is 7.08. The van der Waals surface area contributed by atoms with Crippen LogP contribution in [0.3, 0.4) is 0 Å².